The van der Waals surface area contributed by atoms with Crippen LogP contribution in [0.1, 0.15) is 22.3 Å². The van der Waals surface area contributed by atoms with Crippen LogP contribution in [-0.2, 0) is 19.4 Å². The second-order valence-corrected chi connectivity index (χ2v) is 8.27. The minimum atomic E-state index is -4.51. The van der Waals surface area contributed by atoms with Gasteiger partial charge in [-0.25, -0.2) is 0 Å². The van der Waals surface area contributed by atoms with E-state index in [0.29, 0.717) is 33.4 Å². The van der Waals surface area contributed by atoms with Gasteiger partial charge in [0.25, 0.3) is 5.89 Å². The van der Waals surface area contributed by atoms with Gasteiger partial charge in [-0.15, -0.1) is 0 Å². The first-order valence-electron chi connectivity index (χ1n) is 9.87. The summed E-state index contributed by atoms with van der Waals surface area (Å²) in [4.78, 5) is 4.39. The van der Waals surface area contributed by atoms with Gasteiger partial charge >= 0.3 is 6.18 Å². The third-order valence-corrected chi connectivity index (χ3v) is 5.95. The first-order chi connectivity index (χ1) is 15.7. The van der Waals surface area contributed by atoms with Crippen molar-refractivity contribution in [2.45, 2.75) is 26.3 Å². The van der Waals surface area contributed by atoms with Crippen molar-refractivity contribution in [3.05, 3.63) is 81.3 Å². The van der Waals surface area contributed by atoms with Gasteiger partial charge in [0.15, 0.2) is 0 Å². The van der Waals surface area contributed by atoms with Crippen LogP contribution in [0.5, 0.6) is 0 Å². The van der Waals surface area contributed by atoms with E-state index in [-0.39, 0.29) is 35.0 Å². The summed E-state index contributed by atoms with van der Waals surface area (Å²) >= 11 is 3.02. The van der Waals surface area contributed by atoms with Gasteiger partial charge < -0.3 is 14.7 Å². The van der Waals surface area contributed by atoms with E-state index in [0.717, 1.165) is 0 Å². The molecule has 0 aliphatic carbocycles. The van der Waals surface area contributed by atoms with Gasteiger partial charge in [0.1, 0.15) is 0 Å². The lowest BCUT2D eigenvalue weighted by molar-refractivity contribution is -0.137. The maximum atomic E-state index is 13.6. The van der Waals surface area contributed by atoms with Crippen molar-refractivity contribution in [1.29, 1.82) is 0 Å². The topological polar surface area (TPSA) is 79.4 Å². The van der Waals surface area contributed by atoms with Crippen molar-refractivity contribution in [2.75, 3.05) is 0 Å². The summed E-state index contributed by atoms with van der Waals surface area (Å²) in [5, 5.41) is 22.8. The molecule has 0 radical (unpaired) electrons. The molecule has 4 aromatic rings. The molecule has 0 aliphatic heterocycles. The van der Waals surface area contributed by atoms with Crippen LogP contribution in [0.25, 0.3) is 34.0 Å². The molecule has 0 spiro atoms. The molecule has 5 nitrogen and oxygen atoms in total. The van der Waals surface area contributed by atoms with E-state index in [1.54, 1.807) is 49.4 Å². The number of hydrogen-bond acceptors (Lipinski definition) is 5. The second-order valence-electron chi connectivity index (χ2n) is 7.41. The third-order valence-electron chi connectivity index (χ3n) is 5.29. The quantitative estimate of drug-likeness (QED) is 0.331. The smallest absolute Gasteiger partial charge is 0.392 e. The molecule has 9 heteroatoms. The van der Waals surface area contributed by atoms with Gasteiger partial charge in [-0.05, 0) is 59.0 Å². The lowest BCUT2D eigenvalue weighted by Gasteiger charge is -2.16. The first kappa shape index (κ1) is 23.2. The molecule has 0 fully saturated rings. The fourth-order valence-corrected chi connectivity index (χ4v) is 4.25. The van der Waals surface area contributed by atoms with E-state index in [2.05, 4.69) is 26.1 Å². The fraction of sp³-hybridized carbons (Fsp3) is 0.167. The number of aliphatic hydroxyl groups excluding tert-OH is 2. The summed E-state index contributed by atoms with van der Waals surface area (Å²) in [7, 11) is 0. The predicted molar refractivity (Wildman–Crippen MR) is 120 cm³/mol. The Balaban J connectivity index is 1.70. The highest BCUT2D eigenvalue weighted by molar-refractivity contribution is 9.10. The van der Waals surface area contributed by atoms with Crippen molar-refractivity contribution in [3.63, 3.8) is 0 Å². The van der Waals surface area contributed by atoms with E-state index < -0.39 is 11.7 Å². The zero-order valence-electron chi connectivity index (χ0n) is 17.3. The third kappa shape index (κ3) is 4.57. The van der Waals surface area contributed by atoms with Crippen molar-refractivity contribution >= 4 is 15.9 Å². The van der Waals surface area contributed by atoms with Gasteiger partial charge in [-0.3, -0.25) is 0 Å². The van der Waals surface area contributed by atoms with Crippen LogP contribution in [0.4, 0.5) is 13.2 Å². The lowest BCUT2D eigenvalue weighted by atomic mass is 9.94. The SMILES string of the molecule is Cc1cc(-c2nc(-c3ccc(CO)c(CO)c3)no2)ccc1-c1cccc(Br)c1C(F)(F)F. The van der Waals surface area contributed by atoms with Crippen LogP contribution in [0.3, 0.4) is 0 Å². The number of halogens is 4. The molecule has 0 saturated carbocycles. The highest BCUT2D eigenvalue weighted by Crippen LogP contribution is 2.42. The number of benzene rings is 3. The van der Waals surface area contributed by atoms with Gasteiger partial charge in [0.2, 0.25) is 5.82 Å². The largest absolute Gasteiger partial charge is 0.418 e. The Hall–Kier alpha value is -3.01. The standard InChI is InChI=1S/C24H18BrF3N2O3/c1-13-9-15(7-8-18(13)19-3-2-4-20(25)21(19)24(26,27)28)23-29-22(30-33-23)14-5-6-16(11-31)17(10-14)12-32/h2-10,31-32H,11-12H2,1H3. The molecule has 0 atom stereocenters. The summed E-state index contributed by atoms with van der Waals surface area (Å²) in [6, 6.07) is 14.4. The van der Waals surface area contributed by atoms with Crippen molar-refractivity contribution < 1.29 is 27.9 Å². The van der Waals surface area contributed by atoms with E-state index >= 15 is 0 Å². The van der Waals surface area contributed by atoms with E-state index in [9.17, 15) is 23.4 Å². The Labute approximate surface area is 195 Å². The van der Waals surface area contributed by atoms with Crippen LogP contribution in [-0.4, -0.2) is 20.4 Å². The Morgan fingerprint density at radius 3 is 2.30 bits per heavy atom. The maximum absolute atomic E-state index is 13.6. The van der Waals surface area contributed by atoms with Crippen LogP contribution in [0.2, 0.25) is 0 Å². The van der Waals surface area contributed by atoms with Crippen molar-refractivity contribution in [3.8, 4) is 34.0 Å². The number of hydrogen-bond donors (Lipinski definition) is 2. The summed E-state index contributed by atoms with van der Waals surface area (Å²) < 4.78 is 46.3. The highest BCUT2D eigenvalue weighted by atomic mass is 79.9. The van der Waals surface area contributed by atoms with Crippen LogP contribution in [0, 0.1) is 6.92 Å². The molecule has 170 valence electrons. The molecule has 3 aromatic carbocycles. The van der Waals surface area contributed by atoms with Gasteiger partial charge in [0, 0.05) is 15.6 Å². The summed E-state index contributed by atoms with van der Waals surface area (Å²) in [6.45, 7) is 1.27. The maximum Gasteiger partial charge on any atom is 0.418 e. The Morgan fingerprint density at radius 1 is 0.909 bits per heavy atom. The number of aryl methyl sites for hydroxylation is 1. The summed E-state index contributed by atoms with van der Waals surface area (Å²) in [5.74, 6) is 0.499. The average Bonchev–Trinajstić information content (AvgIpc) is 3.28. The number of rotatable bonds is 5. The van der Waals surface area contributed by atoms with Gasteiger partial charge in [-0.1, -0.05) is 51.4 Å². The lowest BCUT2D eigenvalue weighted by Crippen LogP contribution is -2.08. The normalized spacial score (nSPS) is 11.7. The Morgan fingerprint density at radius 2 is 1.64 bits per heavy atom. The zero-order chi connectivity index (χ0) is 23.8. The van der Waals surface area contributed by atoms with Crippen LogP contribution in [0.15, 0.2) is 63.6 Å². The Bertz CT molecular complexity index is 1320. The summed E-state index contributed by atoms with van der Waals surface area (Å²) in [5.41, 5.74) is 2.72. The first-order valence-corrected chi connectivity index (χ1v) is 10.7. The van der Waals surface area contributed by atoms with Crippen LogP contribution >= 0.6 is 15.9 Å². The highest BCUT2D eigenvalue weighted by Gasteiger charge is 2.36. The molecule has 1 aromatic heterocycles. The van der Waals surface area contributed by atoms with Gasteiger partial charge in [0.05, 0.1) is 18.8 Å². The Kier molecular flexibility index (Phi) is 6.38. The van der Waals surface area contributed by atoms with Gasteiger partial charge in [-0.2, -0.15) is 18.2 Å². The minimum Gasteiger partial charge on any atom is -0.392 e. The zero-order valence-corrected chi connectivity index (χ0v) is 18.9. The second kappa shape index (κ2) is 9.09. The molecule has 0 bridgehead atoms. The predicted octanol–water partition coefficient (Wildman–Crippen LogP) is 6.14. The van der Waals surface area contributed by atoms with Crippen LogP contribution < -0.4 is 0 Å². The molecule has 1 heterocycles. The molecule has 0 unspecified atom stereocenters. The van der Waals surface area contributed by atoms with Crippen molar-refractivity contribution in [2.24, 2.45) is 0 Å². The van der Waals surface area contributed by atoms with E-state index in [4.69, 9.17) is 4.52 Å². The molecule has 0 amide bonds. The molecule has 33 heavy (non-hydrogen) atoms. The number of aliphatic hydroxyl groups is 2. The van der Waals surface area contributed by atoms with E-state index in [1.165, 1.54) is 12.1 Å². The average molecular weight is 519 g/mol. The van der Waals surface area contributed by atoms with Crippen molar-refractivity contribution in [1.82, 2.24) is 10.1 Å². The van der Waals surface area contributed by atoms with E-state index in [1.807, 2.05) is 0 Å². The molecule has 4 rings (SSSR count). The molecule has 0 saturated heterocycles. The number of nitrogens with zero attached hydrogens (tertiary/aromatic N) is 2. The minimum absolute atomic E-state index is 0.0213. The summed E-state index contributed by atoms with van der Waals surface area (Å²) in [6.07, 6.45) is -4.51. The molecular formula is C24H18BrF3N2O3. The molecule has 0 aliphatic rings. The number of alkyl halides is 3. The fourth-order valence-electron chi connectivity index (χ4n) is 3.66. The monoisotopic (exact) mass is 518 g/mol. The number of aromatic nitrogens is 2. The molecular weight excluding hydrogens is 501 g/mol. The molecule has 2 N–H and O–H groups in total.